The van der Waals surface area contributed by atoms with Gasteiger partial charge in [0.1, 0.15) is 0 Å². The molecule has 1 unspecified atom stereocenters. The molecule has 0 spiro atoms. The van der Waals surface area contributed by atoms with E-state index in [-0.39, 0.29) is 24.8 Å². The van der Waals surface area contributed by atoms with Gasteiger partial charge >= 0.3 is 132 Å². The van der Waals surface area contributed by atoms with Crippen molar-refractivity contribution in [2.75, 3.05) is 0 Å². The van der Waals surface area contributed by atoms with Crippen LogP contribution in [0.4, 0.5) is 0 Å². The summed E-state index contributed by atoms with van der Waals surface area (Å²) in [4.78, 5) is 0. The molecule has 0 saturated carbocycles. The standard InChI is InChI=1S/C11H11.C6H7.2CH3.2ClH.H2Si.Zr/c1-8-7-10-5-3-4-6-11(10)9(8)2;1-6-4-2-3-5-6;;;;;;/h3-7H,1-2H3;4-5H,2H2,1H3;2*1H3;2*1H;1H2;. The topological polar surface area (TPSA) is 0 Å². The van der Waals surface area contributed by atoms with Crippen LogP contribution in [-0.4, -0.2) is 6.88 Å². The van der Waals surface area contributed by atoms with E-state index in [9.17, 15) is 0 Å². The maximum absolute atomic E-state index is 2.98. The van der Waals surface area contributed by atoms with Gasteiger partial charge in [0.25, 0.3) is 0 Å². The molecule has 4 heteroatoms. The van der Waals surface area contributed by atoms with E-state index in [0.717, 1.165) is 0 Å². The Balaban J connectivity index is 0.00000132. The molecule has 0 aliphatic heterocycles. The first-order valence-electron chi connectivity index (χ1n) is 7.92. The zero-order valence-electron chi connectivity index (χ0n) is 14.8. The van der Waals surface area contributed by atoms with E-state index in [2.05, 4.69) is 73.3 Å². The molecule has 0 aromatic heterocycles. The first kappa shape index (κ1) is 21.2. The predicted molar refractivity (Wildman–Crippen MR) is 109 cm³/mol. The van der Waals surface area contributed by atoms with E-state index in [0.29, 0.717) is 3.63 Å². The normalized spacial score (nSPS) is 20.3. The summed E-state index contributed by atoms with van der Waals surface area (Å²) in [5.74, 6) is 0. The quantitative estimate of drug-likeness (QED) is 0.493. The van der Waals surface area contributed by atoms with Crippen molar-refractivity contribution in [3.05, 3.63) is 62.0 Å². The molecule has 2 aliphatic carbocycles. The summed E-state index contributed by atoms with van der Waals surface area (Å²) in [6.07, 6.45) is 6.11. The van der Waals surface area contributed by atoms with Gasteiger partial charge in [-0.05, 0) is 0 Å². The van der Waals surface area contributed by atoms with E-state index in [1.54, 1.807) is 14.4 Å². The molecule has 0 bridgehead atoms. The van der Waals surface area contributed by atoms with Crippen LogP contribution in [0.1, 0.15) is 41.9 Å². The third-order valence-corrected chi connectivity index (χ3v) is 23.3. The summed E-state index contributed by atoms with van der Waals surface area (Å²) >= 11 is -2.98. The second-order valence-electron chi connectivity index (χ2n) is 7.96. The summed E-state index contributed by atoms with van der Waals surface area (Å²) in [5.41, 5.74) is 7.72. The fraction of sp³-hybridized carbons (Fsp3) is 0.368. The van der Waals surface area contributed by atoms with Crippen LogP contribution in [0.5, 0.6) is 0 Å². The fourth-order valence-electron chi connectivity index (χ4n) is 4.37. The zero-order valence-corrected chi connectivity index (χ0v) is 20.3. The summed E-state index contributed by atoms with van der Waals surface area (Å²) < 4.78 is 7.77. The first-order valence-corrected chi connectivity index (χ1v) is 21.4. The number of halogens is 2. The van der Waals surface area contributed by atoms with Gasteiger partial charge in [-0.25, -0.2) is 0 Å². The molecule has 0 saturated heterocycles. The van der Waals surface area contributed by atoms with Gasteiger partial charge in [-0.1, -0.05) is 0 Å². The molecule has 0 radical (unpaired) electrons. The Hall–Kier alpha value is 0.120. The molecule has 0 amide bonds. The summed E-state index contributed by atoms with van der Waals surface area (Å²) in [5, 5.41) is 0. The average molecular weight is 447 g/mol. The third-order valence-electron chi connectivity index (χ3n) is 5.73. The van der Waals surface area contributed by atoms with Crippen LogP contribution in [0.25, 0.3) is 5.57 Å². The van der Waals surface area contributed by atoms with Crippen molar-refractivity contribution < 1.29 is 17.4 Å². The number of benzene rings is 1. The van der Waals surface area contributed by atoms with Crippen LogP contribution < -0.4 is 0 Å². The monoisotopic (exact) mass is 444 g/mol. The molecule has 0 nitrogen and oxygen atoms in total. The van der Waals surface area contributed by atoms with E-state index in [1.165, 1.54) is 23.1 Å². The van der Waals surface area contributed by atoms with Crippen LogP contribution in [0.15, 0.2) is 50.8 Å². The molecule has 0 fully saturated rings. The van der Waals surface area contributed by atoms with Crippen molar-refractivity contribution in [1.82, 2.24) is 0 Å². The Morgan fingerprint density at radius 1 is 1.04 bits per heavy atom. The Kier molecular flexibility index (Phi) is 6.25. The van der Waals surface area contributed by atoms with Gasteiger partial charge in [0.05, 0.1) is 0 Å². The summed E-state index contributed by atoms with van der Waals surface area (Å²) in [7, 11) is 0. The van der Waals surface area contributed by atoms with E-state index >= 15 is 0 Å². The smallest absolute Gasteiger partial charge is 0.147 e. The molecule has 0 heterocycles. The molecular weight excluding hydrogens is 418 g/mol. The van der Waals surface area contributed by atoms with Crippen LogP contribution in [0.3, 0.4) is 0 Å². The molecular formula is C19H28Cl2SiZr. The van der Waals surface area contributed by atoms with E-state index < -0.39 is 17.4 Å². The Morgan fingerprint density at radius 3 is 2.22 bits per heavy atom. The van der Waals surface area contributed by atoms with E-state index in [4.69, 9.17) is 0 Å². The van der Waals surface area contributed by atoms with Crippen molar-refractivity contribution in [2.24, 2.45) is 0 Å². The Labute approximate surface area is 155 Å². The number of allylic oxidation sites excluding steroid dienone is 6. The van der Waals surface area contributed by atoms with Gasteiger partial charge in [-0.15, -0.1) is 24.8 Å². The van der Waals surface area contributed by atoms with E-state index in [1.807, 2.05) is 0 Å². The minimum absolute atomic E-state index is 0. The molecule has 23 heavy (non-hydrogen) atoms. The van der Waals surface area contributed by atoms with Gasteiger partial charge in [0.2, 0.25) is 0 Å². The maximum Gasteiger partial charge on any atom is -0.147 e. The van der Waals surface area contributed by atoms with Gasteiger partial charge < -0.3 is 0 Å². The minimum atomic E-state index is -2.98. The van der Waals surface area contributed by atoms with Crippen LogP contribution in [0, 0.1) is 0 Å². The van der Waals surface area contributed by atoms with Gasteiger partial charge in [0, 0.05) is 0 Å². The Bertz CT molecular complexity index is 793. The largest absolute Gasteiger partial charge is 0.147 e. The SMILES string of the molecule is CC1=CC[C]([Zr]([CH3])([CH3])(=[SiH2])[CH]2C(C)=C(C)c3ccccc32)=C1.Cl.Cl. The van der Waals surface area contributed by atoms with Crippen molar-refractivity contribution in [2.45, 2.75) is 40.1 Å². The minimum Gasteiger partial charge on any atom is -0.147 e. The summed E-state index contributed by atoms with van der Waals surface area (Å²) in [6, 6.07) is 9.10. The molecule has 1 aromatic rings. The number of hydrogen-bond donors (Lipinski definition) is 0. The van der Waals surface area contributed by atoms with Gasteiger partial charge in [-0.3, -0.25) is 0 Å². The van der Waals surface area contributed by atoms with Gasteiger partial charge in [0.15, 0.2) is 0 Å². The molecule has 1 atom stereocenters. The average Bonchev–Trinajstić information content (AvgIpc) is 2.95. The first-order chi connectivity index (χ1) is 9.71. The van der Waals surface area contributed by atoms with Crippen molar-refractivity contribution in [1.29, 1.82) is 0 Å². The second kappa shape index (κ2) is 6.79. The molecule has 2 aliphatic rings. The zero-order chi connectivity index (χ0) is 15.4. The van der Waals surface area contributed by atoms with Crippen molar-refractivity contribution >= 4 is 37.3 Å². The van der Waals surface area contributed by atoms with Crippen LogP contribution >= 0.6 is 24.8 Å². The molecule has 1 aromatic carbocycles. The van der Waals surface area contributed by atoms with Crippen molar-refractivity contribution in [3.8, 4) is 0 Å². The molecule has 126 valence electrons. The third kappa shape index (κ3) is 3.30. The number of hydrogen-bond acceptors (Lipinski definition) is 0. The predicted octanol–water partition coefficient (Wildman–Crippen LogP) is 5.95. The second-order valence-corrected chi connectivity index (χ2v) is 37.6. The maximum atomic E-state index is 2.65. The Morgan fingerprint density at radius 2 is 1.65 bits per heavy atom. The number of rotatable bonds is 2. The number of fused-ring (bicyclic) bond motifs is 1. The molecule has 0 N–H and O–H groups in total. The van der Waals surface area contributed by atoms with Gasteiger partial charge in [-0.2, -0.15) is 0 Å². The summed E-state index contributed by atoms with van der Waals surface area (Å²) in [6.45, 7) is 9.33. The van der Waals surface area contributed by atoms with Crippen LogP contribution in [-0.2, 0) is 17.4 Å². The van der Waals surface area contributed by atoms with Crippen LogP contribution in [0.2, 0.25) is 9.26 Å². The fourth-order valence-corrected chi connectivity index (χ4v) is 20.5. The van der Waals surface area contributed by atoms with Crippen molar-refractivity contribution in [3.63, 3.8) is 0 Å². The molecule has 3 rings (SSSR count).